The molecule has 2 rings (SSSR count). The lowest BCUT2D eigenvalue weighted by Gasteiger charge is -2.11. The van der Waals surface area contributed by atoms with Gasteiger partial charge in [-0.15, -0.1) is 0 Å². The summed E-state index contributed by atoms with van der Waals surface area (Å²) in [7, 11) is 1.55. The van der Waals surface area contributed by atoms with E-state index < -0.39 is 11.4 Å². The summed E-state index contributed by atoms with van der Waals surface area (Å²) in [6.07, 6.45) is 2.13. The smallest absolute Gasteiger partial charge is 0.311 e. The van der Waals surface area contributed by atoms with Crippen LogP contribution in [0.5, 0.6) is 5.75 Å². The van der Waals surface area contributed by atoms with Crippen LogP contribution in [0.4, 0.5) is 0 Å². The number of hydrogen-bond acceptors (Lipinski definition) is 3. The Labute approximate surface area is 128 Å². The van der Waals surface area contributed by atoms with Crippen LogP contribution in [-0.2, 0) is 16.0 Å². The van der Waals surface area contributed by atoms with E-state index in [0.717, 1.165) is 5.56 Å². The lowest BCUT2D eigenvalue weighted by atomic mass is 10.1. The van der Waals surface area contributed by atoms with Crippen LogP contribution in [0.3, 0.4) is 0 Å². The van der Waals surface area contributed by atoms with Crippen molar-refractivity contribution in [1.29, 1.82) is 0 Å². The zero-order chi connectivity index (χ0) is 15.5. The average molecular weight is 312 g/mol. The normalized spacial score (nSPS) is 15.3. The summed E-state index contributed by atoms with van der Waals surface area (Å²) in [6, 6.07) is 5.39. The van der Waals surface area contributed by atoms with Gasteiger partial charge in [-0.25, -0.2) is 0 Å². The first-order valence-electron chi connectivity index (χ1n) is 6.79. The summed E-state index contributed by atoms with van der Waals surface area (Å²) in [4.78, 5) is 22.8. The van der Waals surface area contributed by atoms with Gasteiger partial charge >= 0.3 is 5.97 Å². The maximum absolute atomic E-state index is 11.8. The molecule has 0 heterocycles. The van der Waals surface area contributed by atoms with E-state index in [4.69, 9.17) is 21.4 Å². The number of hydrogen-bond donors (Lipinski definition) is 2. The number of amides is 1. The molecule has 0 aromatic heterocycles. The fraction of sp³-hybridized carbons (Fsp3) is 0.467. The van der Waals surface area contributed by atoms with Gasteiger partial charge in [-0.05, 0) is 37.0 Å². The third kappa shape index (κ3) is 3.88. The Morgan fingerprint density at radius 1 is 1.43 bits per heavy atom. The number of aryl methyl sites for hydroxylation is 1. The molecule has 1 aliphatic rings. The van der Waals surface area contributed by atoms with Crippen molar-refractivity contribution >= 4 is 23.5 Å². The van der Waals surface area contributed by atoms with Gasteiger partial charge in [0.2, 0.25) is 5.91 Å². The first-order valence-corrected chi connectivity index (χ1v) is 7.17. The van der Waals surface area contributed by atoms with E-state index >= 15 is 0 Å². The van der Waals surface area contributed by atoms with Crippen molar-refractivity contribution in [3.8, 4) is 5.75 Å². The van der Waals surface area contributed by atoms with E-state index in [9.17, 15) is 9.59 Å². The molecule has 0 atom stereocenters. The van der Waals surface area contributed by atoms with Crippen molar-refractivity contribution < 1.29 is 19.4 Å². The largest absolute Gasteiger partial charge is 0.495 e. The van der Waals surface area contributed by atoms with Crippen molar-refractivity contribution in [3.63, 3.8) is 0 Å². The van der Waals surface area contributed by atoms with Crippen LogP contribution in [0.2, 0.25) is 5.02 Å². The Balaban J connectivity index is 1.79. The van der Waals surface area contributed by atoms with Gasteiger partial charge in [0.05, 0.1) is 17.5 Å². The number of ether oxygens (including phenoxy) is 1. The molecule has 1 aromatic carbocycles. The van der Waals surface area contributed by atoms with Crippen molar-refractivity contribution in [2.45, 2.75) is 25.7 Å². The number of methoxy groups -OCH3 is 1. The van der Waals surface area contributed by atoms with Crippen LogP contribution < -0.4 is 10.1 Å². The molecule has 1 amide bonds. The van der Waals surface area contributed by atoms with E-state index in [1.54, 1.807) is 19.2 Å². The number of benzene rings is 1. The van der Waals surface area contributed by atoms with Crippen molar-refractivity contribution in [2.24, 2.45) is 5.41 Å². The van der Waals surface area contributed by atoms with Gasteiger partial charge < -0.3 is 15.2 Å². The third-order valence-corrected chi connectivity index (χ3v) is 4.08. The zero-order valence-corrected chi connectivity index (χ0v) is 12.6. The summed E-state index contributed by atoms with van der Waals surface area (Å²) >= 11 is 6.02. The number of aliphatic carboxylic acids is 1. The number of carbonyl (C=O) groups excluding carboxylic acids is 1. The monoisotopic (exact) mass is 311 g/mol. The Morgan fingerprint density at radius 2 is 2.14 bits per heavy atom. The second kappa shape index (κ2) is 6.35. The Morgan fingerprint density at radius 3 is 2.67 bits per heavy atom. The van der Waals surface area contributed by atoms with Crippen molar-refractivity contribution in [2.75, 3.05) is 13.7 Å². The second-order valence-corrected chi connectivity index (χ2v) is 5.74. The molecule has 1 fully saturated rings. The molecule has 21 heavy (non-hydrogen) atoms. The summed E-state index contributed by atoms with van der Waals surface area (Å²) in [5.41, 5.74) is 0.217. The third-order valence-electron chi connectivity index (χ3n) is 3.79. The number of carboxylic acid groups (broad SMARTS) is 1. The number of carboxylic acids is 1. The minimum atomic E-state index is -0.829. The molecular formula is C15H18ClNO4. The van der Waals surface area contributed by atoms with Gasteiger partial charge in [0.25, 0.3) is 0 Å². The lowest BCUT2D eigenvalue weighted by Crippen LogP contribution is -2.34. The number of nitrogens with one attached hydrogen (secondary N) is 1. The summed E-state index contributed by atoms with van der Waals surface area (Å²) in [6.45, 7) is 0.213. The Bertz CT molecular complexity index is 555. The Kier molecular flexibility index (Phi) is 4.73. The fourth-order valence-corrected chi connectivity index (χ4v) is 2.38. The molecule has 0 spiro atoms. The SMILES string of the molecule is COc1ccc(CCC(=O)NCC2(C(=O)O)CC2)cc1Cl. The van der Waals surface area contributed by atoms with Gasteiger partial charge in [-0.3, -0.25) is 9.59 Å². The Hall–Kier alpha value is -1.75. The van der Waals surface area contributed by atoms with Gasteiger partial charge in [-0.2, -0.15) is 0 Å². The van der Waals surface area contributed by atoms with E-state index in [0.29, 0.717) is 36.5 Å². The number of halogens is 1. The highest BCUT2D eigenvalue weighted by molar-refractivity contribution is 6.32. The van der Waals surface area contributed by atoms with Crippen LogP contribution in [0.1, 0.15) is 24.8 Å². The highest BCUT2D eigenvalue weighted by Gasteiger charge is 2.50. The molecule has 0 aliphatic heterocycles. The molecule has 6 heteroatoms. The fourth-order valence-electron chi connectivity index (χ4n) is 2.10. The van der Waals surface area contributed by atoms with E-state index in [1.807, 2.05) is 6.07 Å². The topological polar surface area (TPSA) is 75.6 Å². The molecule has 0 unspecified atom stereocenters. The van der Waals surface area contributed by atoms with Crippen LogP contribution in [0.25, 0.3) is 0 Å². The maximum atomic E-state index is 11.8. The first kappa shape index (κ1) is 15.6. The molecule has 1 saturated carbocycles. The molecule has 0 saturated heterocycles. The summed E-state index contributed by atoms with van der Waals surface area (Å²) in [5.74, 6) is -0.374. The lowest BCUT2D eigenvalue weighted by molar-refractivity contribution is -0.143. The predicted octanol–water partition coefficient (Wildman–Crippen LogP) is 2.26. The van der Waals surface area contributed by atoms with E-state index in [-0.39, 0.29) is 12.5 Å². The highest BCUT2D eigenvalue weighted by atomic mass is 35.5. The van der Waals surface area contributed by atoms with Gasteiger partial charge in [0, 0.05) is 13.0 Å². The molecular weight excluding hydrogens is 294 g/mol. The van der Waals surface area contributed by atoms with Crippen LogP contribution in [0.15, 0.2) is 18.2 Å². The van der Waals surface area contributed by atoms with Crippen molar-refractivity contribution in [3.05, 3.63) is 28.8 Å². The molecule has 0 bridgehead atoms. The minimum absolute atomic E-state index is 0.144. The zero-order valence-electron chi connectivity index (χ0n) is 11.8. The molecule has 2 N–H and O–H groups in total. The quantitative estimate of drug-likeness (QED) is 0.810. The molecule has 1 aliphatic carbocycles. The van der Waals surface area contributed by atoms with Gasteiger partial charge in [0.1, 0.15) is 5.75 Å². The standard InChI is InChI=1S/C15H18ClNO4/c1-21-12-4-2-10(8-11(12)16)3-5-13(18)17-9-15(6-7-15)14(19)20/h2,4,8H,3,5-7,9H2,1H3,(H,17,18)(H,19,20). The van der Waals surface area contributed by atoms with E-state index in [1.165, 1.54) is 0 Å². The number of rotatable bonds is 7. The van der Waals surface area contributed by atoms with Crippen LogP contribution >= 0.6 is 11.6 Å². The van der Waals surface area contributed by atoms with Crippen molar-refractivity contribution in [1.82, 2.24) is 5.32 Å². The summed E-state index contributed by atoms with van der Waals surface area (Å²) in [5, 5.41) is 12.2. The molecule has 114 valence electrons. The van der Waals surface area contributed by atoms with Gasteiger partial charge in [0.15, 0.2) is 0 Å². The number of carbonyl (C=O) groups is 2. The average Bonchev–Trinajstić information content (AvgIpc) is 3.24. The molecule has 1 aromatic rings. The molecule has 5 nitrogen and oxygen atoms in total. The summed E-state index contributed by atoms with van der Waals surface area (Å²) < 4.78 is 5.06. The first-order chi connectivity index (χ1) is 9.97. The van der Waals surface area contributed by atoms with E-state index in [2.05, 4.69) is 5.32 Å². The molecule has 0 radical (unpaired) electrons. The van der Waals surface area contributed by atoms with Gasteiger partial charge in [-0.1, -0.05) is 17.7 Å². The maximum Gasteiger partial charge on any atom is 0.311 e. The minimum Gasteiger partial charge on any atom is -0.495 e. The second-order valence-electron chi connectivity index (χ2n) is 5.33. The predicted molar refractivity (Wildman–Crippen MR) is 78.6 cm³/mol. The van der Waals surface area contributed by atoms with Crippen LogP contribution in [0, 0.1) is 5.41 Å². The van der Waals surface area contributed by atoms with Crippen LogP contribution in [-0.4, -0.2) is 30.6 Å². The highest BCUT2D eigenvalue weighted by Crippen LogP contribution is 2.45.